The van der Waals surface area contributed by atoms with E-state index in [9.17, 15) is 18.0 Å². The van der Waals surface area contributed by atoms with Gasteiger partial charge in [-0.05, 0) is 54.5 Å². The summed E-state index contributed by atoms with van der Waals surface area (Å²) in [5.41, 5.74) is 2.52. The number of fused-ring (bicyclic) bond motifs is 1. The van der Waals surface area contributed by atoms with Crippen LogP contribution >= 0.6 is 0 Å². The fourth-order valence-corrected chi connectivity index (χ4v) is 4.92. The van der Waals surface area contributed by atoms with Crippen LogP contribution in [-0.2, 0) is 32.5 Å². The monoisotopic (exact) mass is 443 g/mol. The second-order valence-electron chi connectivity index (χ2n) is 8.09. The van der Waals surface area contributed by atoms with Gasteiger partial charge in [-0.2, -0.15) is 4.72 Å². The van der Waals surface area contributed by atoms with Gasteiger partial charge in [0.1, 0.15) is 6.04 Å². The molecule has 0 saturated carbocycles. The van der Waals surface area contributed by atoms with Gasteiger partial charge < -0.3 is 10.6 Å². The van der Waals surface area contributed by atoms with Crippen molar-refractivity contribution < 1.29 is 18.0 Å². The summed E-state index contributed by atoms with van der Waals surface area (Å²) >= 11 is 0. The van der Waals surface area contributed by atoms with Crippen LogP contribution < -0.4 is 15.4 Å². The van der Waals surface area contributed by atoms with Gasteiger partial charge in [0.15, 0.2) is 0 Å². The van der Waals surface area contributed by atoms with Gasteiger partial charge in [0.05, 0.1) is 4.90 Å². The number of sulfonamides is 1. The third kappa shape index (κ3) is 6.15. The van der Waals surface area contributed by atoms with E-state index in [-0.39, 0.29) is 22.6 Å². The van der Waals surface area contributed by atoms with Gasteiger partial charge in [-0.3, -0.25) is 9.59 Å². The summed E-state index contributed by atoms with van der Waals surface area (Å²) in [6, 6.07) is 13.5. The molecular formula is C23H29N3O4S. The van der Waals surface area contributed by atoms with Crippen molar-refractivity contribution in [3.8, 4) is 0 Å². The zero-order valence-electron chi connectivity index (χ0n) is 17.9. The van der Waals surface area contributed by atoms with Gasteiger partial charge in [-0.15, -0.1) is 0 Å². The van der Waals surface area contributed by atoms with E-state index in [4.69, 9.17) is 0 Å². The van der Waals surface area contributed by atoms with Crippen LogP contribution in [0.4, 0.5) is 5.69 Å². The molecule has 3 rings (SSSR count). The second-order valence-corrected chi connectivity index (χ2v) is 9.80. The number of aryl methyl sites for hydroxylation is 1. The quantitative estimate of drug-likeness (QED) is 0.583. The molecule has 31 heavy (non-hydrogen) atoms. The first kappa shape index (κ1) is 23.0. The third-order valence-electron chi connectivity index (χ3n) is 5.30. The normalized spacial score (nSPS) is 15.0. The lowest BCUT2D eigenvalue weighted by molar-refractivity contribution is -0.123. The van der Waals surface area contributed by atoms with Crippen molar-refractivity contribution in [3.05, 3.63) is 59.7 Å². The number of hydrogen-bond acceptors (Lipinski definition) is 4. The molecule has 1 aliphatic rings. The summed E-state index contributed by atoms with van der Waals surface area (Å²) in [6.45, 7) is 4.03. The Balaban J connectivity index is 1.69. The van der Waals surface area contributed by atoms with Crippen molar-refractivity contribution in [1.29, 1.82) is 0 Å². The Morgan fingerprint density at radius 1 is 1.10 bits per heavy atom. The maximum absolute atomic E-state index is 13.0. The Hall–Kier alpha value is -2.71. The van der Waals surface area contributed by atoms with Crippen molar-refractivity contribution >= 4 is 27.5 Å². The molecule has 0 saturated heterocycles. The molecule has 166 valence electrons. The minimum Gasteiger partial charge on any atom is -0.354 e. The maximum Gasteiger partial charge on any atom is 0.241 e. The predicted molar refractivity (Wildman–Crippen MR) is 120 cm³/mol. The zero-order chi connectivity index (χ0) is 22.4. The van der Waals surface area contributed by atoms with Gasteiger partial charge in [0.2, 0.25) is 21.8 Å². The van der Waals surface area contributed by atoms with Crippen LogP contribution in [0, 0.1) is 5.92 Å². The predicted octanol–water partition coefficient (Wildman–Crippen LogP) is 2.62. The molecule has 8 heteroatoms. The first-order valence-electron chi connectivity index (χ1n) is 10.5. The molecule has 7 nitrogen and oxygen atoms in total. The van der Waals surface area contributed by atoms with Crippen LogP contribution in [-0.4, -0.2) is 32.8 Å². The van der Waals surface area contributed by atoms with E-state index in [1.807, 2.05) is 30.3 Å². The first-order valence-corrected chi connectivity index (χ1v) is 12.0. The number of benzene rings is 2. The van der Waals surface area contributed by atoms with Crippen LogP contribution in [0.5, 0.6) is 0 Å². The maximum atomic E-state index is 13.0. The minimum atomic E-state index is -3.91. The summed E-state index contributed by atoms with van der Waals surface area (Å²) in [5, 5.41) is 5.63. The number of carbonyl (C=O) groups excluding carboxylic acids is 2. The van der Waals surface area contributed by atoms with Crippen LogP contribution in [0.2, 0.25) is 0 Å². The number of nitrogens with one attached hydrogen (secondary N) is 3. The van der Waals surface area contributed by atoms with Gasteiger partial charge in [0, 0.05) is 18.7 Å². The first-order chi connectivity index (χ1) is 14.8. The Morgan fingerprint density at radius 3 is 2.55 bits per heavy atom. The van der Waals surface area contributed by atoms with Crippen LogP contribution in [0.25, 0.3) is 0 Å². The highest BCUT2D eigenvalue weighted by Crippen LogP contribution is 2.25. The van der Waals surface area contributed by atoms with E-state index in [1.54, 1.807) is 26.0 Å². The molecule has 2 aromatic carbocycles. The zero-order valence-corrected chi connectivity index (χ0v) is 18.7. The topological polar surface area (TPSA) is 104 Å². The largest absolute Gasteiger partial charge is 0.354 e. The Labute approximate surface area is 183 Å². The van der Waals surface area contributed by atoms with Crippen LogP contribution in [0.3, 0.4) is 0 Å². The van der Waals surface area contributed by atoms with E-state index in [0.717, 1.165) is 11.1 Å². The lowest BCUT2D eigenvalue weighted by Gasteiger charge is -2.22. The van der Waals surface area contributed by atoms with E-state index in [2.05, 4.69) is 15.4 Å². The summed E-state index contributed by atoms with van der Waals surface area (Å²) in [4.78, 5) is 24.5. The molecule has 0 aromatic heterocycles. The third-order valence-corrected chi connectivity index (χ3v) is 6.74. The SMILES string of the molecule is CC(C)[C@H](NS(=O)(=O)c1ccc2c(c1)CCCC(=O)N2)C(=O)NCCc1ccccc1. The molecule has 2 aromatic rings. The number of hydrogen-bond donors (Lipinski definition) is 3. The van der Waals surface area contributed by atoms with Gasteiger partial charge in [-0.1, -0.05) is 44.2 Å². The fraction of sp³-hybridized carbons (Fsp3) is 0.391. The lowest BCUT2D eigenvalue weighted by Crippen LogP contribution is -2.49. The van der Waals surface area contributed by atoms with E-state index in [1.165, 1.54) is 6.07 Å². The molecule has 0 bridgehead atoms. The molecular weight excluding hydrogens is 414 g/mol. The number of amides is 2. The van der Waals surface area contributed by atoms with E-state index in [0.29, 0.717) is 37.9 Å². The number of anilines is 1. The molecule has 1 atom stereocenters. The summed E-state index contributed by atoms with van der Waals surface area (Å²) in [5.74, 6) is -0.650. The molecule has 2 amide bonds. The Bertz CT molecular complexity index is 1040. The van der Waals surface area contributed by atoms with E-state index < -0.39 is 16.1 Å². The molecule has 0 aliphatic carbocycles. The molecule has 0 spiro atoms. The molecule has 0 radical (unpaired) electrons. The lowest BCUT2D eigenvalue weighted by atomic mass is 10.0. The highest BCUT2D eigenvalue weighted by Gasteiger charge is 2.29. The van der Waals surface area contributed by atoms with Crippen molar-refractivity contribution in [3.63, 3.8) is 0 Å². The second kappa shape index (κ2) is 10.1. The average molecular weight is 444 g/mol. The summed E-state index contributed by atoms with van der Waals surface area (Å²) in [6.07, 6.45) is 2.35. The van der Waals surface area contributed by atoms with Crippen molar-refractivity contribution in [2.24, 2.45) is 5.92 Å². The summed E-state index contributed by atoms with van der Waals surface area (Å²) in [7, 11) is -3.91. The molecule has 0 unspecified atom stereocenters. The molecule has 0 fully saturated rings. The molecule has 1 heterocycles. The van der Waals surface area contributed by atoms with Crippen LogP contribution in [0.15, 0.2) is 53.4 Å². The van der Waals surface area contributed by atoms with Crippen molar-refractivity contribution in [2.45, 2.75) is 50.5 Å². The molecule has 3 N–H and O–H groups in total. The summed E-state index contributed by atoms with van der Waals surface area (Å²) < 4.78 is 28.6. The van der Waals surface area contributed by atoms with Gasteiger partial charge in [-0.25, -0.2) is 8.42 Å². The smallest absolute Gasteiger partial charge is 0.241 e. The highest BCUT2D eigenvalue weighted by molar-refractivity contribution is 7.89. The Kier molecular flexibility index (Phi) is 7.46. The number of carbonyl (C=O) groups is 2. The Morgan fingerprint density at radius 2 is 1.84 bits per heavy atom. The molecule has 1 aliphatic heterocycles. The van der Waals surface area contributed by atoms with Crippen LogP contribution in [0.1, 0.15) is 37.8 Å². The fourth-order valence-electron chi connectivity index (χ4n) is 3.53. The standard InChI is InChI=1S/C23H29N3O4S/c1-16(2)22(23(28)24-14-13-17-7-4-3-5-8-17)26-31(29,30)19-11-12-20-18(15-19)9-6-10-21(27)25-20/h3-5,7-8,11-12,15-16,22,26H,6,9-10,13-14H2,1-2H3,(H,24,28)(H,25,27)/t22-/m0/s1. The van der Waals surface area contributed by atoms with Crippen molar-refractivity contribution in [2.75, 3.05) is 11.9 Å². The van der Waals surface area contributed by atoms with Gasteiger partial charge in [0.25, 0.3) is 0 Å². The van der Waals surface area contributed by atoms with Crippen molar-refractivity contribution in [1.82, 2.24) is 10.0 Å². The highest BCUT2D eigenvalue weighted by atomic mass is 32.2. The average Bonchev–Trinajstić information content (AvgIpc) is 2.92. The van der Waals surface area contributed by atoms with Gasteiger partial charge >= 0.3 is 0 Å². The number of rotatable bonds is 8. The minimum absolute atomic E-state index is 0.0699. The van der Waals surface area contributed by atoms with E-state index >= 15 is 0 Å².